The number of nitrogens with zero attached hydrogens (tertiary/aromatic N) is 3. The Bertz CT molecular complexity index is 359. The van der Waals surface area contributed by atoms with Gasteiger partial charge in [0.15, 0.2) is 11.6 Å². The van der Waals surface area contributed by atoms with Crippen LogP contribution in [0.2, 0.25) is 0 Å². The Morgan fingerprint density at radius 1 is 1.44 bits per heavy atom. The number of nitrogens with one attached hydrogen (secondary N) is 1. The van der Waals surface area contributed by atoms with Crippen LogP contribution >= 0.6 is 0 Å². The lowest BCUT2D eigenvalue weighted by Crippen LogP contribution is -2.30. The number of aromatic nitrogens is 2. The van der Waals surface area contributed by atoms with E-state index in [0.717, 1.165) is 6.54 Å². The highest BCUT2D eigenvalue weighted by Gasteiger charge is 2.18. The number of anilines is 2. The second-order valence-corrected chi connectivity index (χ2v) is 5.03. The lowest BCUT2D eigenvalue weighted by Gasteiger charge is -2.27. The summed E-state index contributed by atoms with van der Waals surface area (Å²) in [6, 6.07) is 0. The van der Waals surface area contributed by atoms with E-state index in [1.807, 2.05) is 7.05 Å². The van der Waals surface area contributed by atoms with E-state index in [-0.39, 0.29) is 5.41 Å². The fourth-order valence-electron chi connectivity index (χ4n) is 1.53. The molecule has 5 heteroatoms. The van der Waals surface area contributed by atoms with Crippen molar-refractivity contribution in [3.8, 4) is 0 Å². The Morgan fingerprint density at radius 2 is 2.06 bits per heavy atom. The summed E-state index contributed by atoms with van der Waals surface area (Å²) in [5.41, 5.74) is 0.0892. The summed E-state index contributed by atoms with van der Waals surface area (Å²) in [5, 5.41) is 2.80. The molecule has 0 aromatic carbocycles. The average Bonchev–Trinajstić information content (AvgIpc) is 2.15. The minimum Gasteiger partial charge on any atom is -0.357 e. The molecule has 0 saturated carbocycles. The van der Waals surface area contributed by atoms with Gasteiger partial charge < -0.3 is 10.2 Å². The van der Waals surface area contributed by atoms with E-state index >= 15 is 0 Å². The quantitative estimate of drug-likeness (QED) is 0.857. The van der Waals surface area contributed by atoms with Crippen LogP contribution in [0.25, 0.3) is 0 Å². The first-order chi connectivity index (χ1) is 7.33. The highest BCUT2D eigenvalue weighted by molar-refractivity contribution is 5.43. The topological polar surface area (TPSA) is 41.1 Å². The maximum atomic E-state index is 13.5. The van der Waals surface area contributed by atoms with E-state index < -0.39 is 5.82 Å². The van der Waals surface area contributed by atoms with Gasteiger partial charge >= 0.3 is 0 Å². The van der Waals surface area contributed by atoms with Gasteiger partial charge in [-0.15, -0.1) is 0 Å². The Labute approximate surface area is 95.9 Å². The van der Waals surface area contributed by atoms with Crippen molar-refractivity contribution in [3.05, 3.63) is 12.0 Å². The zero-order valence-corrected chi connectivity index (χ0v) is 10.5. The molecule has 0 fully saturated rings. The minimum absolute atomic E-state index is 0.0892. The van der Waals surface area contributed by atoms with Gasteiger partial charge in [-0.2, -0.15) is 4.98 Å². The fourth-order valence-corrected chi connectivity index (χ4v) is 1.53. The number of halogens is 1. The molecule has 0 atom stereocenters. The molecule has 0 aliphatic rings. The van der Waals surface area contributed by atoms with E-state index in [2.05, 4.69) is 36.1 Å². The maximum absolute atomic E-state index is 13.5. The summed E-state index contributed by atoms with van der Waals surface area (Å²) in [4.78, 5) is 9.72. The van der Waals surface area contributed by atoms with E-state index in [0.29, 0.717) is 11.8 Å². The molecular formula is C11H19FN4. The normalized spacial score (nSPS) is 11.4. The second kappa shape index (κ2) is 4.63. The molecule has 1 aromatic rings. The van der Waals surface area contributed by atoms with Crippen LogP contribution in [-0.4, -0.2) is 30.6 Å². The minimum atomic E-state index is -0.397. The van der Waals surface area contributed by atoms with Gasteiger partial charge in [-0.1, -0.05) is 20.8 Å². The third-order valence-corrected chi connectivity index (χ3v) is 2.02. The van der Waals surface area contributed by atoms with Gasteiger partial charge in [0.2, 0.25) is 5.95 Å². The first kappa shape index (κ1) is 12.7. The van der Waals surface area contributed by atoms with Crippen LogP contribution in [0.3, 0.4) is 0 Å². The van der Waals surface area contributed by atoms with Gasteiger partial charge in [-0.3, -0.25) is 0 Å². The standard InChI is InChI=1S/C11H19FN4/c1-11(2,3)7-16(5)9-8(12)6-14-10(13-4)15-9/h6H,7H2,1-5H3,(H,13,14,15). The molecule has 1 heterocycles. The van der Waals surface area contributed by atoms with E-state index in [9.17, 15) is 4.39 Å². The van der Waals surface area contributed by atoms with Crippen molar-refractivity contribution in [3.63, 3.8) is 0 Å². The highest BCUT2D eigenvalue weighted by atomic mass is 19.1. The fraction of sp³-hybridized carbons (Fsp3) is 0.636. The van der Waals surface area contributed by atoms with Crippen molar-refractivity contribution in [1.82, 2.24) is 9.97 Å². The van der Waals surface area contributed by atoms with Gasteiger partial charge in [0.25, 0.3) is 0 Å². The van der Waals surface area contributed by atoms with E-state index in [1.165, 1.54) is 6.20 Å². The Morgan fingerprint density at radius 3 is 2.56 bits per heavy atom. The van der Waals surface area contributed by atoms with Crippen LogP contribution < -0.4 is 10.2 Å². The Hall–Kier alpha value is -1.39. The number of hydrogen-bond donors (Lipinski definition) is 1. The Balaban J connectivity index is 2.93. The predicted molar refractivity (Wildman–Crippen MR) is 64.3 cm³/mol. The molecule has 0 spiro atoms. The van der Waals surface area contributed by atoms with Crippen molar-refractivity contribution in [2.45, 2.75) is 20.8 Å². The highest BCUT2D eigenvalue weighted by Crippen LogP contribution is 2.21. The van der Waals surface area contributed by atoms with Crippen LogP contribution in [0.15, 0.2) is 6.20 Å². The molecule has 0 amide bonds. The molecule has 90 valence electrons. The van der Waals surface area contributed by atoms with Gasteiger partial charge in [0.05, 0.1) is 6.20 Å². The van der Waals surface area contributed by atoms with Gasteiger partial charge in [0.1, 0.15) is 0 Å². The van der Waals surface area contributed by atoms with Gasteiger partial charge in [-0.25, -0.2) is 9.37 Å². The molecule has 16 heavy (non-hydrogen) atoms. The van der Waals surface area contributed by atoms with Crippen molar-refractivity contribution in [2.75, 3.05) is 30.9 Å². The molecule has 0 bridgehead atoms. The van der Waals surface area contributed by atoms with Crippen LogP contribution in [0.1, 0.15) is 20.8 Å². The summed E-state index contributed by atoms with van der Waals surface area (Å²) < 4.78 is 13.5. The molecule has 0 aliphatic heterocycles. The van der Waals surface area contributed by atoms with E-state index in [4.69, 9.17) is 0 Å². The van der Waals surface area contributed by atoms with E-state index in [1.54, 1.807) is 11.9 Å². The first-order valence-corrected chi connectivity index (χ1v) is 5.25. The van der Waals surface area contributed by atoms with Crippen molar-refractivity contribution < 1.29 is 4.39 Å². The number of rotatable bonds is 3. The molecule has 4 nitrogen and oxygen atoms in total. The number of hydrogen-bond acceptors (Lipinski definition) is 4. The molecule has 1 aromatic heterocycles. The molecular weight excluding hydrogens is 207 g/mol. The van der Waals surface area contributed by atoms with Crippen LogP contribution in [-0.2, 0) is 0 Å². The van der Waals surface area contributed by atoms with Crippen molar-refractivity contribution >= 4 is 11.8 Å². The molecule has 1 N–H and O–H groups in total. The lowest BCUT2D eigenvalue weighted by molar-refractivity contribution is 0.415. The van der Waals surface area contributed by atoms with Crippen LogP contribution in [0.5, 0.6) is 0 Å². The van der Waals surface area contributed by atoms with Crippen LogP contribution in [0.4, 0.5) is 16.2 Å². The van der Waals surface area contributed by atoms with Crippen molar-refractivity contribution in [1.29, 1.82) is 0 Å². The molecule has 0 radical (unpaired) electrons. The summed E-state index contributed by atoms with van der Waals surface area (Å²) in [6.45, 7) is 7.02. The SMILES string of the molecule is CNc1ncc(F)c(N(C)CC(C)(C)C)n1. The zero-order chi connectivity index (χ0) is 12.3. The molecule has 1 rings (SSSR count). The summed E-state index contributed by atoms with van der Waals surface area (Å²) in [6.07, 6.45) is 1.19. The van der Waals surface area contributed by atoms with Crippen LogP contribution in [0, 0.1) is 11.2 Å². The largest absolute Gasteiger partial charge is 0.357 e. The monoisotopic (exact) mass is 226 g/mol. The summed E-state index contributed by atoms with van der Waals surface area (Å²) in [5.74, 6) is 0.359. The third kappa shape index (κ3) is 3.32. The zero-order valence-electron chi connectivity index (χ0n) is 10.5. The van der Waals surface area contributed by atoms with Crippen molar-refractivity contribution in [2.24, 2.45) is 5.41 Å². The molecule has 0 unspecified atom stereocenters. The first-order valence-electron chi connectivity index (χ1n) is 5.25. The smallest absolute Gasteiger partial charge is 0.224 e. The summed E-state index contributed by atoms with van der Waals surface area (Å²) in [7, 11) is 3.54. The predicted octanol–water partition coefficient (Wildman–Crippen LogP) is 2.14. The maximum Gasteiger partial charge on any atom is 0.224 e. The lowest BCUT2D eigenvalue weighted by atomic mass is 9.96. The third-order valence-electron chi connectivity index (χ3n) is 2.02. The molecule has 0 aliphatic carbocycles. The second-order valence-electron chi connectivity index (χ2n) is 5.03. The molecule has 0 saturated heterocycles. The average molecular weight is 226 g/mol. The summed E-state index contributed by atoms with van der Waals surface area (Å²) >= 11 is 0. The Kier molecular flexibility index (Phi) is 3.67. The van der Waals surface area contributed by atoms with Gasteiger partial charge in [0, 0.05) is 20.6 Å². The van der Waals surface area contributed by atoms with Gasteiger partial charge in [-0.05, 0) is 5.41 Å².